The fourth-order valence-corrected chi connectivity index (χ4v) is 1.19. The summed E-state index contributed by atoms with van der Waals surface area (Å²) < 4.78 is 0. The lowest BCUT2D eigenvalue weighted by atomic mass is 10.2. The van der Waals surface area contributed by atoms with Gasteiger partial charge in [0, 0.05) is 25.8 Å². The minimum atomic E-state index is -0.958. The highest BCUT2D eigenvalue weighted by atomic mass is 16.4. The molecular formula is C12H18N2O4. The van der Waals surface area contributed by atoms with Crippen LogP contribution in [0.15, 0.2) is 0 Å². The van der Waals surface area contributed by atoms with Gasteiger partial charge in [-0.3, -0.25) is 14.9 Å². The molecule has 0 radical (unpaired) electrons. The summed E-state index contributed by atoms with van der Waals surface area (Å²) >= 11 is 0. The molecule has 0 fully saturated rings. The number of carbonyl (C=O) groups excluding carboxylic acids is 2. The highest BCUT2D eigenvalue weighted by Crippen LogP contribution is 1.95. The van der Waals surface area contributed by atoms with Crippen molar-refractivity contribution in [3.63, 3.8) is 0 Å². The van der Waals surface area contributed by atoms with Crippen LogP contribution >= 0.6 is 0 Å². The number of carbonyl (C=O) groups is 3. The van der Waals surface area contributed by atoms with Gasteiger partial charge in [-0.2, -0.15) is 0 Å². The van der Waals surface area contributed by atoms with E-state index >= 15 is 0 Å². The Morgan fingerprint density at radius 2 is 1.83 bits per heavy atom. The summed E-state index contributed by atoms with van der Waals surface area (Å²) in [4.78, 5) is 32.6. The summed E-state index contributed by atoms with van der Waals surface area (Å²) in [5.41, 5.74) is 0. The van der Waals surface area contributed by atoms with Crippen LogP contribution in [0.3, 0.4) is 0 Å². The first-order valence-corrected chi connectivity index (χ1v) is 5.79. The van der Waals surface area contributed by atoms with E-state index in [1.54, 1.807) is 0 Å². The third-order valence-electron chi connectivity index (χ3n) is 2.08. The zero-order valence-corrected chi connectivity index (χ0v) is 10.2. The summed E-state index contributed by atoms with van der Waals surface area (Å²) in [6.07, 6.45) is 7.47. The molecular weight excluding hydrogens is 236 g/mol. The number of hydrogen-bond acceptors (Lipinski definition) is 3. The number of carboxylic acids is 1. The van der Waals surface area contributed by atoms with E-state index in [1.807, 2.05) is 0 Å². The van der Waals surface area contributed by atoms with Crippen LogP contribution in [0.4, 0.5) is 4.79 Å². The van der Waals surface area contributed by atoms with Crippen LogP contribution in [-0.4, -0.2) is 29.6 Å². The van der Waals surface area contributed by atoms with Crippen LogP contribution in [0.2, 0.25) is 0 Å². The predicted molar refractivity (Wildman–Crippen MR) is 65.7 cm³/mol. The zero-order valence-electron chi connectivity index (χ0n) is 10.2. The first kappa shape index (κ1) is 16.0. The van der Waals surface area contributed by atoms with Gasteiger partial charge in [0.25, 0.3) is 0 Å². The number of unbranched alkanes of at least 4 members (excludes halogenated alkanes) is 2. The summed E-state index contributed by atoms with van der Waals surface area (Å²) in [6.45, 7) is 0.454. The molecule has 0 aliphatic heterocycles. The van der Waals surface area contributed by atoms with Crippen molar-refractivity contribution < 1.29 is 19.5 Å². The van der Waals surface area contributed by atoms with Crippen LogP contribution in [0.1, 0.15) is 38.5 Å². The standard InChI is InChI=1S/C12H18N2O4/c1-2-3-4-5-9-13-12(18)14-10(15)7-6-8-11(16)17/h1H,3-9H2,(H,16,17)(H2,13,14,15,18). The summed E-state index contributed by atoms with van der Waals surface area (Å²) in [5, 5.41) is 13.0. The molecule has 3 N–H and O–H groups in total. The van der Waals surface area contributed by atoms with E-state index in [4.69, 9.17) is 11.5 Å². The molecule has 0 aromatic carbocycles. The van der Waals surface area contributed by atoms with Crippen LogP contribution in [0.25, 0.3) is 0 Å². The molecule has 0 aliphatic carbocycles. The maximum Gasteiger partial charge on any atom is 0.321 e. The van der Waals surface area contributed by atoms with E-state index in [-0.39, 0.29) is 19.3 Å². The zero-order chi connectivity index (χ0) is 13.8. The number of rotatable bonds is 8. The Hall–Kier alpha value is -2.03. The number of imide groups is 1. The average Bonchev–Trinajstić information content (AvgIpc) is 2.28. The number of urea groups is 1. The van der Waals surface area contributed by atoms with Crippen molar-refractivity contribution in [2.24, 2.45) is 0 Å². The minimum Gasteiger partial charge on any atom is -0.481 e. The number of terminal acetylenes is 1. The van der Waals surface area contributed by atoms with Crippen molar-refractivity contribution >= 4 is 17.9 Å². The quantitative estimate of drug-likeness (QED) is 0.442. The molecule has 0 unspecified atom stereocenters. The van der Waals surface area contributed by atoms with Gasteiger partial charge < -0.3 is 10.4 Å². The summed E-state index contributed by atoms with van der Waals surface area (Å²) in [5.74, 6) is 1.06. The molecule has 0 aliphatic rings. The van der Waals surface area contributed by atoms with Crippen LogP contribution < -0.4 is 10.6 Å². The van der Waals surface area contributed by atoms with Crippen molar-refractivity contribution in [3.05, 3.63) is 0 Å². The molecule has 0 saturated heterocycles. The lowest BCUT2D eigenvalue weighted by Gasteiger charge is -2.05. The van der Waals surface area contributed by atoms with Crippen molar-refractivity contribution in [2.45, 2.75) is 38.5 Å². The van der Waals surface area contributed by atoms with Gasteiger partial charge in [-0.05, 0) is 19.3 Å². The molecule has 6 heteroatoms. The van der Waals surface area contributed by atoms with E-state index in [0.717, 1.165) is 12.8 Å². The Bertz CT molecular complexity index is 333. The molecule has 100 valence electrons. The molecule has 0 rings (SSSR count). The number of carboxylic acid groups (broad SMARTS) is 1. The summed E-state index contributed by atoms with van der Waals surface area (Å²) in [6, 6.07) is -0.559. The fourth-order valence-electron chi connectivity index (χ4n) is 1.19. The fraction of sp³-hybridized carbons (Fsp3) is 0.583. The molecule has 6 nitrogen and oxygen atoms in total. The predicted octanol–water partition coefficient (Wildman–Crippen LogP) is 0.871. The van der Waals surface area contributed by atoms with Gasteiger partial charge in [-0.15, -0.1) is 12.3 Å². The SMILES string of the molecule is C#CCCCCNC(=O)NC(=O)CCCC(=O)O. The van der Waals surface area contributed by atoms with Crippen molar-refractivity contribution in [1.29, 1.82) is 0 Å². The molecule has 0 saturated carbocycles. The lowest BCUT2D eigenvalue weighted by molar-refractivity contribution is -0.137. The van der Waals surface area contributed by atoms with Crippen LogP contribution in [0.5, 0.6) is 0 Å². The molecule has 0 bridgehead atoms. The molecule has 0 atom stereocenters. The van der Waals surface area contributed by atoms with Gasteiger partial charge in [0.2, 0.25) is 5.91 Å². The maximum atomic E-state index is 11.2. The summed E-state index contributed by atoms with van der Waals surface area (Å²) in [7, 11) is 0. The van der Waals surface area contributed by atoms with Crippen LogP contribution in [0, 0.1) is 12.3 Å². The number of aliphatic carboxylic acids is 1. The molecule has 18 heavy (non-hydrogen) atoms. The smallest absolute Gasteiger partial charge is 0.321 e. The molecule has 0 spiro atoms. The maximum absolute atomic E-state index is 11.2. The van der Waals surface area contributed by atoms with Gasteiger partial charge in [-0.1, -0.05) is 0 Å². The first-order chi connectivity index (χ1) is 8.56. The monoisotopic (exact) mass is 254 g/mol. The van der Waals surface area contributed by atoms with Gasteiger partial charge >= 0.3 is 12.0 Å². The topological polar surface area (TPSA) is 95.5 Å². The molecule has 0 aromatic rings. The first-order valence-electron chi connectivity index (χ1n) is 5.79. The van der Waals surface area contributed by atoms with Gasteiger partial charge in [-0.25, -0.2) is 4.79 Å². The average molecular weight is 254 g/mol. The van der Waals surface area contributed by atoms with E-state index < -0.39 is 17.9 Å². The highest BCUT2D eigenvalue weighted by Gasteiger charge is 2.07. The van der Waals surface area contributed by atoms with E-state index in [1.165, 1.54) is 0 Å². The highest BCUT2D eigenvalue weighted by molar-refractivity contribution is 5.94. The Kier molecular flexibility index (Phi) is 9.00. The van der Waals surface area contributed by atoms with Crippen molar-refractivity contribution in [1.82, 2.24) is 10.6 Å². The van der Waals surface area contributed by atoms with Gasteiger partial charge in [0.05, 0.1) is 0 Å². The lowest BCUT2D eigenvalue weighted by Crippen LogP contribution is -2.39. The molecule has 3 amide bonds. The Labute approximate surface area is 106 Å². The molecule has 0 aromatic heterocycles. The second-order valence-electron chi connectivity index (χ2n) is 3.71. The van der Waals surface area contributed by atoms with Crippen molar-refractivity contribution in [3.8, 4) is 12.3 Å². The minimum absolute atomic E-state index is 0.0246. The second-order valence-corrected chi connectivity index (χ2v) is 3.71. The second kappa shape index (κ2) is 10.1. The third-order valence-corrected chi connectivity index (χ3v) is 2.08. The Balaban J connectivity index is 3.53. The van der Waals surface area contributed by atoms with E-state index in [9.17, 15) is 14.4 Å². The number of amides is 3. The number of nitrogens with one attached hydrogen (secondary N) is 2. The number of hydrogen-bond donors (Lipinski definition) is 3. The Morgan fingerprint density at radius 1 is 1.11 bits per heavy atom. The largest absolute Gasteiger partial charge is 0.481 e. The van der Waals surface area contributed by atoms with Gasteiger partial charge in [0.15, 0.2) is 0 Å². The third kappa shape index (κ3) is 10.5. The molecule has 0 heterocycles. The van der Waals surface area contributed by atoms with Crippen LogP contribution in [-0.2, 0) is 9.59 Å². The van der Waals surface area contributed by atoms with E-state index in [0.29, 0.717) is 13.0 Å². The normalized spacial score (nSPS) is 9.28. The van der Waals surface area contributed by atoms with E-state index in [2.05, 4.69) is 16.6 Å². The Morgan fingerprint density at radius 3 is 2.44 bits per heavy atom. The van der Waals surface area contributed by atoms with Gasteiger partial charge in [0.1, 0.15) is 0 Å². The van der Waals surface area contributed by atoms with Crippen molar-refractivity contribution in [2.75, 3.05) is 6.54 Å².